The van der Waals surface area contributed by atoms with Crippen molar-refractivity contribution in [3.05, 3.63) is 23.4 Å². The number of benzene rings is 1. The highest BCUT2D eigenvalue weighted by Gasteiger charge is 2.24. The number of nitrogens with zero attached hydrogens (tertiary/aromatic N) is 3. The topological polar surface area (TPSA) is 92.4 Å². The van der Waals surface area contributed by atoms with Crippen molar-refractivity contribution in [1.82, 2.24) is 9.88 Å². The highest BCUT2D eigenvalue weighted by Crippen LogP contribution is 2.39. The molecule has 6 heteroatoms. The highest BCUT2D eigenvalue weighted by atomic mass is 16.3. The van der Waals surface area contributed by atoms with E-state index in [0.29, 0.717) is 12.5 Å². The summed E-state index contributed by atoms with van der Waals surface area (Å²) >= 11 is 0. The zero-order valence-corrected chi connectivity index (χ0v) is 15.5. The maximum absolute atomic E-state index is 10.0. The normalized spacial score (nSPS) is 18.2. The van der Waals surface area contributed by atoms with Gasteiger partial charge in [0.1, 0.15) is 0 Å². The Balaban J connectivity index is 1.63. The lowest BCUT2D eigenvalue weighted by Gasteiger charge is -2.33. The summed E-state index contributed by atoms with van der Waals surface area (Å²) in [4.78, 5) is 7.12. The fraction of sp³-hybridized carbons (Fsp3) is 0.524. The number of rotatable bonds is 4. The number of fused-ring (bicyclic) bond motifs is 2. The summed E-state index contributed by atoms with van der Waals surface area (Å²) in [6, 6.07) is 5.79. The molecule has 6 nitrogen and oxygen atoms in total. The predicted molar refractivity (Wildman–Crippen MR) is 105 cm³/mol. The minimum absolute atomic E-state index is 0.102. The number of aromatic nitrogens is 1. The maximum atomic E-state index is 10.0. The number of aryl methyl sites for hydroxylation is 1. The first-order valence-corrected chi connectivity index (χ1v) is 9.89. The second-order valence-corrected chi connectivity index (χ2v) is 7.65. The van der Waals surface area contributed by atoms with Gasteiger partial charge in [0.15, 0.2) is 11.5 Å². The Bertz CT molecular complexity index is 882. The number of anilines is 1. The van der Waals surface area contributed by atoms with E-state index >= 15 is 0 Å². The van der Waals surface area contributed by atoms with Gasteiger partial charge in [0.2, 0.25) is 0 Å². The number of phenols is 2. The van der Waals surface area contributed by atoms with Crippen molar-refractivity contribution in [3.8, 4) is 17.6 Å². The first kappa shape index (κ1) is 17.9. The molecule has 0 bridgehead atoms. The maximum Gasteiger partial charge on any atom is 0.159 e. The van der Waals surface area contributed by atoms with Crippen LogP contribution >= 0.6 is 0 Å². The van der Waals surface area contributed by atoms with Crippen molar-refractivity contribution < 1.29 is 10.2 Å². The van der Waals surface area contributed by atoms with Gasteiger partial charge in [0.25, 0.3) is 0 Å². The number of piperidine rings is 1. The Hall–Kier alpha value is -2.52. The van der Waals surface area contributed by atoms with Crippen molar-refractivity contribution in [3.63, 3.8) is 0 Å². The van der Waals surface area contributed by atoms with Gasteiger partial charge >= 0.3 is 0 Å². The van der Waals surface area contributed by atoms with Crippen LogP contribution in [0, 0.1) is 11.3 Å². The van der Waals surface area contributed by atoms with E-state index < -0.39 is 0 Å². The van der Waals surface area contributed by atoms with Crippen LogP contribution in [0.3, 0.4) is 0 Å². The van der Waals surface area contributed by atoms with E-state index in [1.165, 1.54) is 5.56 Å². The van der Waals surface area contributed by atoms with Gasteiger partial charge in [-0.25, -0.2) is 0 Å². The van der Waals surface area contributed by atoms with Crippen LogP contribution in [0.25, 0.3) is 10.9 Å². The van der Waals surface area contributed by atoms with Gasteiger partial charge < -0.3 is 20.4 Å². The monoisotopic (exact) mass is 366 g/mol. The molecule has 27 heavy (non-hydrogen) atoms. The van der Waals surface area contributed by atoms with Crippen molar-refractivity contribution in [2.75, 3.05) is 25.0 Å². The summed E-state index contributed by atoms with van der Waals surface area (Å²) in [5, 5.41) is 33.3. The summed E-state index contributed by atoms with van der Waals surface area (Å²) in [5.74, 6) is -0.225. The zero-order valence-electron chi connectivity index (χ0n) is 15.5. The van der Waals surface area contributed by atoms with Gasteiger partial charge in [0.05, 0.1) is 11.6 Å². The molecule has 1 fully saturated rings. The van der Waals surface area contributed by atoms with Crippen LogP contribution in [0.1, 0.15) is 43.4 Å². The molecular formula is C21H26N4O2. The van der Waals surface area contributed by atoms with E-state index in [4.69, 9.17) is 10.2 Å². The van der Waals surface area contributed by atoms with Crippen LogP contribution in [0.2, 0.25) is 0 Å². The molecule has 2 aliphatic rings. The van der Waals surface area contributed by atoms with Gasteiger partial charge in [-0.15, -0.1) is 0 Å². The van der Waals surface area contributed by atoms with Crippen LogP contribution in [-0.4, -0.2) is 45.8 Å². The number of nitriles is 1. The fourth-order valence-electron chi connectivity index (χ4n) is 4.33. The first-order chi connectivity index (χ1) is 13.2. The lowest BCUT2D eigenvalue weighted by molar-refractivity contribution is 0.223. The number of aromatic hydroxyl groups is 2. The second-order valence-electron chi connectivity index (χ2n) is 7.65. The van der Waals surface area contributed by atoms with E-state index in [0.717, 1.165) is 80.4 Å². The number of hydrogen-bond acceptors (Lipinski definition) is 6. The smallest absolute Gasteiger partial charge is 0.159 e. The Labute approximate surface area is 159 Å². The van der Waals surface area contributed by atoms with E-state index in [2.05, 4.69) is 16.3 Å². The third-order valence-electron chi connectivity index (χ3n) is 5.83. The molecule has 3 N–H and O–H groups in total. The molecular weight excluding hydrogens is 340 g/mol. The number of likely N-dealkylation sites (tertiary alicyclic amines) is 1. The summed E-state index contributed by atoms with van der Waals surface area (Å²) < 4.78 is 0. The molecule has 142 valence electrons. The van der Waals surface area contributed by atoms with Gasteiger partial charge in [-0.05, 0) is 50.2 Å². The number of pyridine rings is 1. The first-order valence-electron chi connectivity index (χ1n) is 9.89. The summed E-state index contributed by atoms with van der Waals surface area (Å²) in [6.45, 7) is 2.84. The Kier molecular flexibility index (Phi) is 5.04. The Morgan fingerprint density at radius 2 is 1.89 bits per heavy atom. The van der Waals surface area contributed by atoms with Gasteiger partial charge in [-0.3, -0.25) is 4.98 Å². The number of nitrogens with one attached hydrogen (secondary N) is 1. The van der Waals surface area contributed by atoms with Crippen LogP contribution < -0.4 is 5.32 Å². The van der Waals surface area contributed by atoms with Crippen molar-refractivity contribution in [2.24, 2.45) is 0 Å². The SMILES string of the molecule is N#CCCN1CCC(Nc2c3c(nc4cc(O)c(O)cc24)CCCC3)CC1. The number of hydrogen-bond donors (Lipinski definition) is 3. The molecule has 1 aromatic heterocycles. The summed E-state index contributed by atoms with van der Waals surface area (Å²) in [6.07, 6.45) is 6.93. The predicted octanol–water partition coefficient (Wildman–Crippen LogP) is 3.31. The minimum Gasteiger partial charge on any atom is -0.504 e. The zero-order chi connectivity index (χ0) is 18.8. The molecule has 2 aromatic rings. The molecule has 1 aliphatic carbocycles. The molecule has 0 unspecified atom stereocenters. The van der Waals surface area contributed by atoms with E-state index in [1.54, 1.807) is 12.1 Å². The Morgan fingerprint density at radius 3 is 2.67 bits per heavy atom. The van der Waals surface area contributed by atoms with Gasteiger partial charge in [0, 0.05) is 54.9 Å². The van der Waals surface area contributed by atoms with Crippen molar-refractivity contribution in [1.29, 1.82) is 5.26 Å². The summed E-state index contributed by atoms with van der Waals surface area (Å²) in [5.41, 5.74) is 4.21. The number of phenolic OH excluding ortho intramolecular Hbond substituents is 2. The third-order valence-corrected chi connectivity index (χ3v) is 5.83. The average molecular weight is 366 g/mol. The van der Waals surface area contributed by atoms with Crippen LogP contribution in [0.4, 0.5) is 5.69 Å². The van der Waals surface area contributed by atoms with E-state index in [1.807, 2.05) is 0 Å². The average Bonchev–Trinajstić information content (AvgIpc) is 2.69. The molecule has 0 atom stereocenters. The highest BCUT2D eigenvalue weighted by molar-refractivity contribution is 5.95. The quantitative estimate of drug-likeness (QED) is 0.719. The van der Waals surface area contributed by atoms with Crippen LogP contribution in [-0.2, 0) is 12.8 Å². The molecule has 0 spiro atoms. The molecule has 1 saturated heterocycles. The van der Waals surface area contributed by atoms with E-state index in [9.17, 15) is 10.2 Å². The second kappa shape index (κ2) is 7.61. The largest absolute Gasteiger partial charge is 0.504 e. The molecule has 1 aromatic carbocycles. The van der Waals surface area contributed by atoms with E-state index in [-0.39, 0.29) is 11.5 Å². The van der Waals surface area contributed by atoms with Crippen LogP contribution in [0.5, 0.6) is 11.5 Å². The molecule has 4 rings (SSSR count). The third kappa shape index (κ3) is 3.65. The molecule has 1 aliphatic heterocycles. The van der Waals surface area contributed by atoms with Gasteiger partial charge in [-0.2, -0.15) is 5.26 Å². The van der Waals surface area contributed by atoms with Crippen molar-refractivity contribution in [2.45, 2.75) is 51.0 Å². The molecule has 2 heterocycles. The van der Waals surface area contributed by atoms with Gasteiger partial charge in [-0.1, -0.05) is 0 Å². The standard InChI is InChI=1S/C21H26N4O2/c22-8-3-9-25-10-6-14(7-11-25)23-21-15-4-1-2-5-17(15)24-18-13-20(27)19(26)12-16(18)21/h12-14,26-27H,1-7,9-11H2,(H,23,24). The molecule has 0 radical (unpaired) electrons. The fourth-order valence-corrected chi connectivity index (χ4v) is 4.33. The van der Waals surface area contributed by atoms with Crippen molar-refractivity contribution >= 4 is 16.6 Å². The lowest BCUT2D eigenvalue weighted by atomic mass is 9.91. The molecule has 0 saturated carbocycles. The lowest BCUT2D eigenvalue weighted by Crippen LogP contribution is -2.39. The summed E-state index contributed by atoms with van der Waals surface area (Å²) in [7, 11) is 0. The molecule has 0 amide bonds. The van der Waals surface area contributed by atoms with Crippen LogP contribution in [0.15, 0.2) is 12.1 Å². The minimum atomic E-state index is -0.123. The Morgan fingerprint density at radius 1 is 1.15 bits per heavy atom.